The first kappa shape index (κ1) is 20.2. The summed E-state index contributed by atoms with van der Waals surface area (Å²) in [5, 5.41) is 19.0. The van der Waals surface area contributed by atoms with Crippen LogP contribution in [0.5, 0.6) is 0 Å². The number of hydrogen-bond acceptors (Lipinski definition) is 5. The zero-order valence-electron chi connectivity index (χ0n) is 14.6. The molecule has 1 aromatic rings. The van der Waals surface area contributed by atoms with E-state index >= 15 is 0 Å². The summed E-state index contributed by atoms with van der Waals surface area (Å²) in [6.07, 6.45) is 0. The van der Waals surface area contributed by atoms with E-state index < -0.39 is 29.4 Å². The molecule has 7 nitrogen and oxygen atoms in total. The van der Waals surface area contributed by atoms with Crippen LogP contribution in [-0.4, -0.2) is 45.8 Å². The van der Waals surface area contributed by atoms with Crippen LogP contribution in [0.25, 0.3) is 0 Å². The number of aromatic carboxylic acids is 1. The zero-order valence-corrected chi connectivity index (χ0v) is 14.6. The molecule has 0 aliphatic heterocycles. The van der Waals surface area contributed by atoms with Crippen molar-refractivity contribution < 1.29 is 29.4 Å². The number of carboxylic acid groups (broad SMARTS) is 2. The van der Waals surface area contributed by atoms with Crippen LogP contribution in [0.3, 0.4) is 0 Å². The van der Waals surface area contributed by atoms with Crippen LogP contribution in [0.4, 0.5) is 0 Å². The van der Waals surface area contributed by atoms with E-state index in [0.29, 0.717) is 5.56 Å². The molecule has 0 unspecified atom stereocenters. The minimum absolute atomic E-state index is 0.101. The van der Waals surface area contributed by atoms with Gasteiger partial charge in [-0.05, 0) is 52.0 Å². The number of rotatable bonds is 5. The van der Waals surface area contributed by atoms with Crippen molar-refractivity contribution in [3.05, 3.63) is 35.4 Å². The zero-order chi connectivity index (χ0) is 19.2. The molecule has 0 radical (unpaired) electrons. The highest BCUT2D eigenvalue weighted by molar-refractivity contribution is 5.87. The third kappa shape index (κ3) is 6.28. The van der Waals surface area contributed by atoms with Gasteiger partial charge in [0.05, 0.1) is 17.5 Å². The predicted molar refractivity (Wildman–Crippen MR) is 89.6 cm³/mol. The van der Waals surface area contributed by atoms with Gasteiger partial charge >= 0.3 is 17.9 Å². The van der Waals surface area contributed by atoms with Gasteiger partial charge in [0.1, 0.15) is 6.04 Å². The largest absolute Gasteiger partial charge is 0.480 e. The molecule has 0 aromatic heterocycles. The lowest BCUT2D eigenvalue weighted by Gasteiger charge is -2.26. The second-order valence-corrected chi connectivity index (χ2v) is 6.40. The van der Waals surface area contributed by atoms with Crippen molar-refractivity contribution in [2.45, 2.75) is 33.7 Å². The van der Waals surface area contributed by atoms with E-state index in [2.05, 4.69) is 11.8 Å². The van der Waals surface area contributed by atoms with Gasteiger partial charge < -0.3 is 15.1 Å². The Morgan fingerprint density at radius 2 is 1.72 bits per heavy atom. The first-order valence-corrected chi connectivity index (χ1v) is 7.56. The molecule has 2 N–H and O–H groups in total. The molecule has 0 heterocycles. The molecule has 0 aliphatic carbocycles. The monoisotopic (exact) mass is 347 g/mol. The van der Waals surface area contributed by atoms with E-state index in [0.717, 1.165) is 5.06 Å². The topological polar surface area (TPSA) is 104 Å². The van der Waals surface area contributed by atoms with Crippen LogP contribution in [0.1, 0.15) is 43.6 Å². The van der Waals surface area contributed by atoms with Gasteiger partial charge in [-0.25, -0.2) is 9.59 Å². The fraction of sp³-hybridized carbons (Fsp3) is 0.389. The summed E-state index contributed by atoms with van der Waals surface area (Å²) in [6, 6.07) is 4.87. The molecule has 25 heavy (non-hydrogen) atoms. The molecule has 1 rings (SSSR count). The fourth-order valence-electron chi connectivity index (χ4n) is 1.53. The van der Waals surface area contributed by atoms with E-state index in [1.165, 1.54) is 19.1 Å². The van der Waals surface area contributed by atoms with Gasteiger partial charge in [-0.3, -0.25) is 4.79 Å². The summed E-state index contributed by atoms with van der Waals surface area (Å²) < 4.78 is 0. The van der Waals surface area contributed by atoms with E-state index in [9.17, 15) is 14.4 Å². The lowest BCUT2D eigenvalue weighted by atomic mass is 9.98. The molecule has 0 amide bonds. The average molecular weight is 347 g/mol. The van der Waals surface area contributed by atoms with E-state index in [-0.39, 0.29) is 12.1 Å². The molecule has 0 spiro atoms. The Kier molecular flexibility index (Phi) is 6.71. The van der Waals surface area contributed by atoms with E-state index in [4.69, 9.17) is 15.1 Å². The minimum Gasteiger partial charge on any atom is -0.480 e. The summed E-state index contributed by atoms with van der Waals surface area (Å²) in [7, 11) is 0. The Morgan fingerprint density at radius 3 is 2.16 bits per heavy atom. The second-order valence-electron chi connectivity index (χ2n) is 6.40. The average Bonchev–Trinajstić information content (AvgIpc) is 2.52. The van der Waals surface area contributed by atoms with E-state index in [1.54, 1.807) is 32.9 Å². The Morgan fingerprint density at radius 1 is 1.16 bits per heavy atom. The van der Waals surface area contributed by atoms with Gasteiger partial charge in [-0.2, -0.15) is 0 Å². The molecule has 0 saturated carbocycles. The Balaban J connectivity index is 2.87. The van der Waals surface area contributed by atoms with Crippen LogP contribution < -0.4 is 0 Å². The maximum atomic E-state index is 12.0. The normalized spacial score (nSPS) is 12.0. The maximum Gasteiger partial charge on any atom is 0.335 e. The Bertz CT molecular complexity index is 706. The SMILES string of the molecule is C[C@@H](C(=O)O)N(CC#Cc1ccc(C(=O)O)cc1)OC(=O)C(C)(C)C. The number of nitrogens with zero attached hydrogens (tertiary/aromatic N) is 1. The number of hydrogen-bond donors (Lipinski definition) is 2. The molecule has 1 atom stereocenters. The van der Waals surface area contributed by atoms with Gasteiger partial charge in [0.2, 0.25) is 0 Å². The third-order valence-corrected chi connectivity index (χ3v) is 3.20. The number of benzene rings is 1. The molecule has 134 valence electrons. The van der Waals surface area contributed by atoms with Crippen molar-refractivity contribution in [1.29, 1.82) is 0 Å². The fourth-order valence-corrected chi connectivity index (χ4v) is 1.53. The van der Waals surface area contributed by atoms with Crippen LogP contribution >= 0.6 is 0 Å². The van der Waals surface area contributed by atoms with Crippen molar-refractivity contribution in [3.63, 3.8) is 0 Å². The number of aliphatic carboxylic acids is 1. The third-order valence-electron chi connectivity index (χ3n) is 3.20. The van der Waals surface area contributed by atoms with Crippen LogP contribution in [0, 0.1) is 17.3 Å². The smallest absolute Gasteiger partial charge is 0.335 e. The van der Waals surface area contributed by atoms with Crippen molar-refractivity contribution in [3.8, 4) is 11.8 Å². The summed E-state index contributed by atoms with van der Waals surface area (Å²) in [5.74, 6) is 2.77. The molecular weight excluding hydrogens is 326 g/mol. The highest BCUT2D eigenvalue weighted by atomic mass is 16.7. The molecule has 7 heteroatoms. The second kappa shape index (κ2) is 8.31. The summed E-state index contributed by atoms with van der Waals surface area (Å²) in [5.41, 5.74) is -0.0721. The lowest BCUT2D eigenvalue weighted by molar-refractivity contribution is -0.209. The van der Waals surface area contributed by atoms with Gasteiger partial charge in [0.25, 0.3) is 0 Å². The van der Waals surface area contributed by atoms with Crippen LogP contribution in [0.15, 0.2) is 24.3 Å². The minimum atomic E-state index is -1.14. The van der Waals surface area contributed by atoms with Gasteiger partial charge in [0.15, 0.2) is 0 Å². The summed E-state index contributed by atoms with van der Waals surface area (Å²) in [4.78, 5) is 39.1. The van der Waals surface area contributed by atoms with Gasteiger partial charge in [-0.15, -0.1) is 5.06 Å². The van der Waals surface area contributed by atoms with Crippen molar-refractivity contribution in [2.75, 3.05) is 6.54 Å². The van der Waals surface area contributed by atoms with Crippen molar-refractivity contribution >= 4 is 17.9 Å². The van der Waals surface area contributed by atoms with E-state index in [1.807, 2.05) is 0 Å². The molecular formula is C18H21NO6. The van der Waals surface area contributed by atoms with Gasteiger partial charge in [0, 0.05) is 5.56 Å². The standard InChI is InChI=1S/C18H21NO6/c1-12(15(20)21)19(25-17(24)18(2,3)4)11-5-6-13-7-9-14(10-8-13)16(22)23/h7-10,12H,11H2,1-4H3,(H,20,21)(H,22,23)/t12-/m0/s1. The van der Waals surface area contributed by atoms with Crippen molar-refractivity contribution in [1.82, 2.24) is 5.06 Å². The molecule has 0 fully saturated rings. The molecule has 0 saturated heterocycles. The molecule has 1 aromatic carbocycles. The highest BCUT2D eigenvalue weighted by Gasteiger charge is 2.30. The summed E-state index contributed by atoms with van der Waals surface area (Å²) >= 11 is 0. The molecule has 0 bridgehead atoms. The number of hydroxylamine groups is 2. The van der Waals surface area contributed by atoms with Crippen LogP contribution in [-0.2, 0) is 14.4 Å². The maximum absolute atomic E-state index is 12.0. The summed E-state index contributed by atoms with van der Waals surface area (Å²) in [6.45, 7) is 6.27. The first-order valence-electron chi connectivity index (χ1n) is 7.56. The van der Waals surface area contributed by atoms with Crippen LogP contribution in [0.2, 0.25) is 0 Å². The molecule has 0 aliphatic rings. The first-order chi connectivity index (χ1) is 11.5. The number of carbonyl (C=O) groups is 3. The Labute approximate surface area is 146 Å². The highest BCUT2D eigenvalue weighted by Crippen LogP contribution is 2.17. The number of carboxylic acids is 2. The Hall–Kier alpha value is -2.85. The lowest BCUT2D eigenvalue weighted by Crippen LogP contribution is -2.43. The van der Waals surface area contributed by atoms with Crippen molar-refractivity contribution in [2.24, 2.45) is 5.41 Å². The number of carbonyl (C=O) groups excluding carboxylic acids is 1. The van der Waals surface area contributed by atoms with Gasteiger partial charge in [-0.1, -0.05) is 11.8 Å². The quantitative estimate of drug-likeness (QED) is 0.620. The predicted octanol–water partition coefficient (Wildman–Crippen LogP) is 2.02.